The van der Waals surface area contributed by atoms with Crippen LogP contribution in [0.4, 0.5) is 13.2 Å². The molecule has 94 valence electrons. The predicted molar refractivity (Wildman–Crippen MR) is 57.0 cm³/mol. The van der Waals surface area contributed by atoms with Crippen molar-refractivity contribution in [1.82, 2.24) is 0 Å². The molecular formula is C10H8BrF3O3. The number of halogens is 4. The molecule has 0 fully saturated rings. The van der Waals surface area contributed by atoms with Crippen LogP contribution in [0.15, 0.2) is 16.6 Å². The summed E-state index contributed by atoms with van der Waals surface area (Å²) in [5.74, 6) is -1.25. The van der Waals surface area contributed by atoms with E-state index in [0.717, 1.165) is 12.1 Å². The van der Waals surface area contributed by atoms with E-state index >= 15 is 0 Å². The van der Waals surface area contributed by atoms with Gasteiger partial charge in [-0.25, -0.2) is 0 Å². The number of methoxy groups -OCH3 is 1. The van der Waals surface area contributed by atoms with Crippen molar-refractivity contribution >= 4 is 21.9 Å². The molecule has 0 aliphatic carbocycles. The lowest BCUT2D eigenvalue weighted by Gasteiger charge is -2.13. The fraction of sp³-hybridized carbons (Fsp3) is 0.300. The van der Waals surface area contributed by atoms with Crippen LogP contribution in [-0.4, -0.2) is 18.2 Å². The van der Waals surface area contributed by atoms with E-state index in [0.29, 0.717) is 0 Å². The zero-order valence-electron chi connectivity index (χ0n) is 8.64. The average molecular weight is 313 g/mol. The summed E-state index contributed by atoms with van der Waals surface area (Å²) in [6, 6.07) is 1.61. The van der Waals surface area contributed by atoms with Gasteiger partial charge in [-0.05, 0) is 12.1 Å². The van der Waals surface area contributed by atoms with Gasteiger partial charge in [0.25, 0.3) is 0 Å². The molecule has 0 saturated carbocycles. The van der Waals surface area contributed by atoms with Gasteiger partial charge in [-0.3, -0.25) is 4.79 Å². The molecule has 1 N–H and O–H groups in total. The molecule has 0 atom stereocenters. The van der Waals surface area contributed by atoms with E-state index in [1.54, 1.807) is 0 Å². The first kappa shape index (κ1) is 13.8. The summed E-state index contributed by atoms with van der Waals surface area (Å²) in [5.41, 5.74) is -0.719. The van der Waals surface area contributed by atoms with Gasteiger partial charge in [-0.2, -0.15) is 13.2 Å². The summed E-state index contributed by atoms with van der Waals surface area (Å²) in [5, 5.41) is 8.64. The number of hydrogen-bond acceptors (Lipinski definition) is 2. The number of aliphatic carboxylic acids is 1. The number of carboxylic acids is 1. The van der Waals surface area contributed by atoms with E-state index < -0.39 is 24.1 Å². The van der Waals surface area contributed by atoms with E-state index in [-0.39, 0.29) is 15.8 Å². The van der Waals surface area contributed by atoms with Crippen LogP contribution in [0.5, 0.6) is 5.75 Å². The summed E-state index contributed by atoms with van der Waals surface area (Å²) in [6.07, 6.45) is -4.92. The molecule has 0 saturated heterocycles. The Morgan fingerprint density at radius 2 is 2.06 bits per heavy atom. The fourth-order valence-corrected chi connectivity index (χ4v) is 1.86. The Bertz CT molecular complexity index is 443. The standard InChI is InChI=1S/C10H8BrF3O3/c1-17-8-3-5(10(12,13)14)2-7(11)6(8)4-9(15)16/h2-3H,4H2,1H3,(H,15,16). The molecule has 0 bridgehead atoms. The van der Waals surface area contributed by atoms with Crippen molar-refractivity contribution < 1.29 is 27.8 Å². The summed E-state index contributed by atoms with van der Waals surface area (Å²) in [6.45, 7) is 0. The first-order valence-electron chi connectivity index (χ1n) is 4.41. The predicted octanol–water partition coefficient (Wildman–Crippen LogP) is 3.10. The average Bonchev–Trinajstić information content (AvgIpc) is 2.18. The molecule has 1 aromatic rings. The molecule has 1 rings (SSSR count). The summed E-state index contributed by atoms with van der Waals surface area (Å²) in [7, 11) is 1.19. The molecule has 0 spiro atoms. The molecule has 0 aliphatic heterocycles. The zero-order chi connectivity index (χ0) is 13.2. The molecule has 0 aliphatic rings. The van der Waals surface area contributed by atoms with Crippen LogP contribution in [0.1, 0.15) is 11.1 Å². The molecule has 0 radical (unpaired) electrons. The van der Waals surface area contributed by atoms with Crippen LogP contribution < -0.4 is 4.74 Å². The molecule has 0 heterocycles. The third-order valence-corrected chi connectivity index (χ3v) is 2.74. The number of alkyl halides is 3. The number of carboxylic acid groups (broad SMARTS) is 1. The van der Waals surface area contributed by atoms with Crippen LogP contribution >= 0.6 is 15.9 Å². The van der Waals surface area contributed by atoms with Gasteiger partial charge in [0.05, 0.1) is 19.1 Å². The molecule has 0 aromatic heterocycles. The van der Waals surface area contributed by atoms with Crippen molar-refractivity contribution in [1.29, 1.82) is 0 Å². The van der Waals surface area contributed by atoms with Crippen LogP contribution in [0.3, 0.4) is 0 Å². The van der Waals surface area contributed by atoms with Crippen molar-refractivity contribution in [2.75, 3.05) is 7.11 Å². The van der Waals surface area contributed by atoms with Crippen molar-refractivity contribution in [3.63, 3.8) is 0 Å². The molecule has 17 heavy (non-hydrogen) atoms. The van der Waals surface area contributed by atoms with Gasteiger partial charge in [0.1, 0.15) is 5.75 Å². The molecule has 0 unspecified atom stereocenters. The Kier molecular flexibility index (Phi) is 4.03. The Morgan fingerprint density at radius 1 is 1.47 bits per heavy atom. The van der Waals surface area contributed by atoms with E-state index in [1.165, 1.54) is 7.11 Å². The minimum absolute atomic E-state index is 0.0616. The molecule has 0 amide bonds. The number of carbonyl (C=O) groups is 1. The maximum atomic E-state index is 12.5. The van der Waals surface area contributed by atoms with Crippen LogP contribution in [0.2, 0.25) is 0 Å². The minimum Gasteiger partial charge on any atom is -0.496 e. The zero-order valence-corrected chi connectivity index (χ0v) is 10.2. The second kappa shape index (κ2) is 4.95. The molecule has 3 nitrogen and oxygen atoms in total. The van der Waals surface area contributed by atoms with Gasteiger partial charge in [0.2, 0.25) is 0 Å². The van der Waals surface area contributed by atoms with Crippen LogP contribution in [0.25, 0.3) is 0 Å². The van der Waals surface area contributed by atoms with Crippen LogP contribution in [-0.2, 0) is 17.4 Å². The van der Waals surface area contributed by atoms with Gasteiger partial charge >= 0.3 is 12.1 Å². The highest BCUT2D eigenvalue weighted by Gasteiger charge is 2.32. The van der Waals surface area contributed by atoms with Gasteiger partial charge in [-0.15, -0.1) is 0 Å². The van der Waals surface area contributed by atoms with Gasteiger partial charge in [0.15, 0.2) is 0 Å². The van der Waals surface area contributed by atoms with E-state index in [4.69, 9.17) is 9.84 Å². The van der Waals surface area contributed by atoms with Crippen molar-refractivity contribution in [2.45, 2.75) is 12.6 Å². The van der Waals surface area contributed by atoms with Crippen molar-refractivity contribution in [3.05, 3.63) is 27.7 Å². The maximum Gasteiger partial charge on any atom is 0.416 e. The van der Waals surface area contributed by atoms with Crippen molar-refractivity contribution in [2.24, 2.45) is 0 Å². The lowest BCUT2D eigenvalue weighted by molar-refractivity contribution is -0.137. The smallest absolute Gasteiger partial charge is 0.416 e. The fourth-order valence-electron chi connectivity index (χ4n) is 1.28. The Hall–Kier alpha value is -1.24. The second-order valence-electron chi connectivity index (χ2n) is 3.21. The lowest BCUT2D eigenvalue weighted by atomic mass is 10.1. The van der Waals surface area contributed by atoms with E-state index in [9.17, 15) is 18.0 Å². The molecule has 7 heteroatoms. The highest BCUT2D eigenvalue weighted by molar-refractivity contribution is 9.10. The monoisotopic (exact) mass is 312 g/mol. The third-order valence-electron chi connectivity index (χ3n) is 2.03. The second-order valence-corrected chi connectivity index (χ2v) is 4.06. The SMILES string of the molecule is COc1cc(C(F)(F)F)cc(Br)c1CC(=O)O. The maximum absolute atomic E-state index is 12.5. The number of benzene rings is 1. The molecule has 1 aromatic carbocycles. The first-order valence-corrected chi connectivity index (χ1v) is 5.20. The largest absolute Gasteiger partial charge is 0.496 e. The summed E-state index contributed by atoms with van der Waals surface area (Å²) < 4.78 is 42.3. The third kappa shape index (κ3) is 3.36. The lowest BCUT2D eigenvalue weighted by Crippen LogP contribution is -2.09. The topological polar surface area (TPSA) is 46.5 Å². The van der Waals surface area contributed by atoms with E-state index in [1.807, 2.05) is 0 Å². The number of rotatable bonds is 3. The highest BCUT2D eigenvalue weighted by atomic mass is 79.9. The number of ether oxygens (including phenoxy) is 1. The van der Waals surface area contributed by atoms with Crippen molar-refractivity contribution in [3.8, 4) is 5.75 Å². The van der Waals surface area contributed by atoms with E-state index in [2.05, 4.69) is 15.9 Å². The minimum atomic E-state index is -4.50. The summed E-state index contributed by atoms with van der Waals surface area (Å²) in [4.78, 5) is 10.6. The van der Waals surface area contributed by atoms with Gasteiger partial charge in [0, 0.05) is 10.0 Å². The normalized spacial score (nSPS) is 11.4. The van der Waals surface area contributed by atoms with Gasteiger partial charge in [-0.1, -0.05) is 15.9 Å². The Morgan fingerprint density at radius 3 is 2.47 bits per heavy atom. The van der Waals surface area contributed by atoms with Crippen LogP contribution in [0, 0.1) is 0 Å². The first-order chi connectivity index (χ1) is 7.75. The number of hydrogen-bond donors (Lipinski definition) is 1. The quantitative estimate of drug-likeness (QED) is 0.933. The Labute approximate surface area is 103 Å². The molecular weight excluding hydrogens is 305 g/mol. The Balaban J connectivity index is 3.30. The highest BCUT2D eigenvalue weighted by Crippen LogP contribution is 2.37. The van der Waals surface area contributed by atoms with Gasteiger partial charge < -0.3 is 9.84 Å². The summed E-state index contributed by atoms with van der Waals surface area (Å²) >= 11 is 2.92.